The van der Waals surface area contributed by atoms with E-state index >= 15 is 0 Å². The number of hydrogen-bond acceptors (Lipinski definition) is 2. The van der Waals surface area contributed by atoms with Crippen LogP contribution < -0.4 is 10.6 Å². The summed E-state index contributed by atoms with van der Waals surface area (Å²) >= 11 is 5.61. The number of benzene rings is 2. The highest BCUT2D eigenvalue weighted by molar-refractivity contribution is 6.30. The second-order valence-electron chi connectivity index (χ2n) is 5.39. The molecule has 3 nitrogen and oxygen atoms in total. The molecule has 0 saturated carbocycles. The smallest absolute Gasteiger partial charge is 0.376 e. The number of amides is 1. The Balaban J connectivity index is 2.05. The molecule has 0 aromatic heterocycles. The van der Waals surface area contributed by atoms with E-state index in [0.717, 1.165) is 17.2 Å². The first kappa shape index (κ1) is 18.1. The summed E-state index contributed by atoms with van der Waals surface area (Å²) in [6.07, 6.45) is -4.56. The largest absolute Gasteiger partial charge is 0.418 e. The summed E-state index contributed by atoms with van der Waals surface area (Å²) in [7, 11) is 0. The van der Waals surface area contributed by atoms with E-state index in [1.54, 1.807) is 12.1 Å². The van der Waals surface area contributed by atoms with E-state index in [-0.39, 0.29) is 17.3 Å². The van der Waals surface area contributed by atoms with Gasteiger partial charge in [0.1, 0.15) is 0 Å². The van der Waals surface area contributed by atoms with Gasteiger partial charge in [0.15, 0.2) is 0 Å². The Labute approximate surface area is 142 Å². The number of carbonyl (C=O) groups excluding carboxylic acids is 1. The van der Waals surface area contributed by atoms with Crippen molar-refractivity contribution in [3.63, 3.8) is 0 Å². The maximum atomic E-state index is 13.0. The van der Waals surface area contributed by atoms with Gasteiger partial charge in [-0.25, -0.2) is 0 Å². The van der Waals surface area contributed by atoms with E-state index in [2.05, 4.69) is 10.6 Å². The fourth-order valence-electron chi connectivity index (χ4n) is 2.11. The van der Waals surface area contributed by atoms with Crippen LogP contribution >= 0.6 is 11.6 Å². The Kier molecular flexibility index (Phi) is 5.39. The first-order chi connectivity index (χ1) is 11.2. The Morgan fingerprint density at radius 1 is 1.08 bits per heavy atom. The van der Waals surface area contributed by atoms with Gasteiger partial charge in [0.05, 0.1) is 12.1 Å². The number of hydrogen-bond donors (Lipinski definition) is 2. The third kappa shape index (κ3) is 4.64. The number of anilines is 2. The summed E-state index contributed by atoms with van der Waals surface area (Å²) < 4.78 is 38.9. The highest BCUT2D eigenvalue weighted by Crippen LogP contribution is 2.36. The molecule has 0 aliphatic rings. The highest BCUT2D eigenvalue weighted by Gasteiger charge is 2.33. The average Bonchev–Trinajstić information content (AvgIpc) is 2.49. The van der Waals surface area contributed by atoms with Gasteiger partial charge in [0, 0.05) is 16.4 Å². The van der Waals surface area contributed by atoms with Gasteiger partial charge in [0.2, 0.25) is 5.91 Å². The number of carbonyl (C=O) groups is 1. The van der Waals surface area contributed by atoms with Crippen LogP contribution in [0.25, 0.3) is 0 Å². The molecule has 0 unspecified atom stereocenters. The third-order valence-corrected chi connectivity index (χ3v) is 3.75. The number of rotatable bonds is 4. The zero-order valence-electron chi connectivity index (χ0n) is 13.1. The van der Waals surface area contributed by atoms with Crippen LogP contribution in [0.3, 0.4) is 0 Å². The van der Waals surface area contributed by atoms with E-state index in [1.807, 2.05) is 19.9 Å². The molecule has 0 atom stereocenters. The van der Waals surface area contributed by atoms with E-state index < -0.39 is 17.6 Å². The Hall–Kier alpha value is -2.21. The van der Waals surface area contributed by atoms with Crippen LogP contribution in [0.5, 0.6) is 0 Å². The molecule has 2 rings (SSSR count). The van der Waals surface area contributed by atoms with Gasteiger partial charge >= 0.3 is 6.18 Å². The topological polar surface area (TPSA) is 41.1 Å². The average molecular weight is 357 g/mol. The molecule has 0 radical (unpaired) electrons. The monoisotopic (exact) mass is 356 g/mol. The third-order valence-electron chi connectivity index (χ3n) is 3.52. The van der Waals surface area contributed by atoms with Crippen LogP contribution in [0, 0.1) is 13.8 Å². The standard InChI is InChI=1S/C17H16ClF3N2O/c1-10-3-5-13(7-11(10)2)23-16(24)9-22-15-6-4-12(18)8-14(15)17(19,20)21/h3-8,22H,9H2,1-2H3,(H,23,24). The van der Waals surface area contributed by atoms with Gasteiger partial charge in [-0.15, -0.1) is 0 Å². The zero-order chi connectivity index (χ0) is 17.9. The molecule has 2 aromatic carbocycles. The van der Waals surface area contributed by atoms with Crippen molar-refractivity contribution in [2.24, 2.45) is 0 Å². The molecule has 0 heterocycles. The summed E-state index contributed by atoms with van der Waals surface area (Å²) in [5, 5.41) is 5.12. The zero-order valence-corrected chi connectivity index (χ0v) is 13.8. The molecule has 0 aliphatic carbocycles. The lowest BCUT2D eigenvalue weighted by Gasteiger charge is -2.15. The van der Waals surface area contributed by atoms with Crippen molar-refractivity contribution in [2.45, 2.75) is 20.0 Å². The van der Waals surface area contributed by atoms with Crippen molar-refractivity contribution in [2.75, 3.05) is 17.2 Å². The van der Waals surface area contributed by atoms with Gasteiger partial charge < -0.3 is 10.6 Å². The molecule has 0 saturated heterocycles. The fourth-order valence-corrected chi connectivity index (χ4v) is 2.28. The summed E-state index contributed by atoms with van der Waals surface area (Å²) in [6.45, 7) is 3.56. The molecule has 24 heavy (non-hydrogen) atoms. The summed E-state index contributed by atoms with van der Waals surface area (Å²) in [5.74, 6) is -0.443. The van der Waals surface area contributed by atoms with E-state index in [4.69, 9.17) is 11.6 Å². The van der Waals surface area contributed by atoms with Crippen molar-refractivity contribution in [3.05, 3.63) is 58.1 Å². The van der Waals surface area contributed by atoms with Crippen LogP contribution in [0.4, 0.5) is 24.5 Å². The minimum Gasteiger partial charge on any atom is -0.376 e. The molecular weight excluding hydrogens is 341 g/mol. The molecular formula is C17H16ClF3N2O. The summed E-state index contributed by atoms with van der Waals surface area (Å²) in [4.78, 5) is 11.9. The van der Waals surface area contributed by atoms with Gasteiger partial charge in [-0.2, -0.15) is 13.2 Å². The quantitative estimate of drug-likeness (QED) is 0.807. The molecule has 0 fully saturated rings. The van der Waals surface area contributed by atoms with E-state index in [1.165, 1.54) is 12.1 Å². The number of aryl methyl sites for hydroxylation is 2. The molecule has 2 N–H and O–H groups in total. The number of alkyl halides is 3. The van der Waals surface area contributed by atoms with Crippen molar-refractivity contribution in [1.29, 1.82) is 0 Å². The fraction of sp³-hybridized carbons (Fsp3) is 0.235. The minimum absolute atomic E-state index is 0.0209. The lowest BCUT2D eigenvalue weighted by Crippen LogP contribution is -2.23. The first-order valence-corrected chi connectivity index (χ1v) is 7.52. The van der Waals surface area contributed by atoms with Crippen molar-refractivity contribution < 1.29 is 18.0 Å². The van der Waals surface area contributed by atoms with E-state index in [9.17, 15) is 18.0 Å². The molecule has 2 aromatic rings. The number of halogens is 4. The molecule has 0 spiro atoms. The Bertz CT molecular complexity index is 760. The van der Waals surface area contributed by atoms with E-state index in [0.29, 0.717) is 5.69 Å². The second kappa shape index (κ2) is 7.13. The predicted octanol–water partition coefficient (Wildman–Crippen LogP) is 5.03. The predicted molar refractivity (Wildman–Crippen MR) is 89.5 cm³/mol. The Morgan fingerprint density at radius 2 is 1.79 bits per heavy atom. The van der Waals surface area contributed by atoms with Gasteiger partial charge in [-0.05, 0) is 55.3 Å². The molecule has 7 heteroatoms. The number of nitrogens with one attached hydrogen (secondary N) is 2. The SMILES string of the molecule is Cc1ccc(NC(=O)CNc2ccc(Cl)cc2C(F)(F)F)cc1C. The van der Waals surface area contributed by atoms with Crippen LogP contribution in [-0.4, -0.2) is 12.5 Å². The maximum absolute atomic E-state index is 13.0. The van der Waals surface area contributed by atoms with Crippen molar-refractivity contribution in [3.8, 4) is 0 Å². The van der Waals surface area contributed by atoms with Crippen LogP contribution in [0.15, 0.2) is 36.4 Å². The maximum Gasteiger partial charge on any atom is 0.418 e. The summed E-state index contributed by atoms with van der Waals surface area (Å²) in [6, 6.07) is 8.76. The van der Waals surface area contributed by atoms with Crippen molar-refractivity contribution >= 4 is 28.9 Å². The van der Waals surface area contributed by atoms with Gasteiger partial charge in [0.25, 0.3) is 0 Å². The molecule has 0 aliphatic heterocycles. The molecule has 1 amide bonds. The summed E-state index contributed by atoms with van der Waals surface area (Å²) in [5.41, 5.74) is 1.59. The Morgan fingerprint density at radius 3 is 2.42 bits per heavy atom. The van der Waals surface area contributed by atoms with Crippen LogP contribution in [-0.2, 0) is 11.0 Å². The molecule has 0 bridgehead atoms. The van der Waals surface area contributed by atoms with Gasteiger partial charge in [-0.1, -0.05) is 17.7 Å². The lowest BCUT2D eigenvalue weighted by atomic mass is 10.1. The van der Waals surface area contributed by atoms with Crippen molar-refractivity contribution in [1.82, 2.24) is 0 Å². The molecule has 128 valence electrons. The van der Waals surface area contributed by atoms with Crippen LogP contribution in [0.2, 0.25) is 5.02 Å². The highest BCUT2D eigenvalue weighted by atomic mass is 35.5. The second-order valence-corrected chi connectivity index (χ2v) is 5.82. The first-order valence-electron chi connectivity index (χ1n) is 7.14. The van der Waals surface area contributed by atoms with Gasteiger partial charge in [-0.3, -0.25) is 4.79 Å². The minimum atomic E-state index is -4.56. The normalized spacial score (nSPS) is 11.2. The lowest BCUT2D eigenvalue weighted by molar-refractivity contribution is -0.137. The van der Waals surface area contributed by atoms with Crippen LogP contribution in [0.1, 0.15) is 16.7 Å².